The van der Waals surface area contributed by atoms with Crippen LogP contribution >= 0.6 is 24.0 Å². The van der Waals surface area contributed by atoms with E-state index in [9.17, 15) is 0 Å². The van der Waals surface area contributed by atoms with E-state index in [-0.39, 0.29) is 24.0 Å². The number of hydrogen-bond donors (Lipinski definition) is 0. The number of rotatable bonds is 1. The molecule has 1 aromatic carbocycles. The van der Waals surface area contributed by atoms with Gasteiger partial charge in [0.15, 0.2) is 13.2 Å². The molecule has 0 spiro atoms. The van der Waals surface area contributed by atoms with E-state index in [4.69, 9.17) is 0 Å². The summed E-state index contributed by atoms with van der Waals surface area (Å²) in [5.41, 5.74) is 2.16. The second-order valence-electron chi connectivity index (χ2n) is 2.93. The van der Waals surface area contributed by atoms with Crippen LogP contribution in [0.25, 0.3) is 11.3 Å². The third kappa shape index (κ3) is 2.51. The van der Waals surface area contributed by atoms with Gasteiger partial charge >= 0.3 is 0 Å². The summed E-state index contributed by atoms with van der Waals surface area (Å²) < 4.78 is 1.81. The molecule has 1 aromatic heterocycles. The molecule has 72 valence electrons. The Kier molecular flexibility index (Phi) is 4.00. The number of nitrogens with zero attached hydrogens (tertiary/aromatic N) is 2. The molecule has 14 heavy (non-hydrogen) atoms. The highest BCUT2D eigenvalue weighted by Crippen LogP contribution is 2.13. The van der Waals surface area contributed by atoms with Crippen LogP contribution in [0, 0.1) is 0 Å². The second kappa shape index (κ2) is 5.05. The lowest BCUT2D eigenvalue weighted by molar-refractivity contribution is -0.729. The fourth-order valence-electron chi connectivity index (χ4n) is 1.26. The van der Waals surface area contributed by atoms with Crippen LogP contribution in [-0.2, 0) is 7.05 Å². The normalized spacial score (nSPS) is 9.21. The fourth-order valence-corrected chi connectivity index (χ4v) is 1.26. The molecule has 0 aliphatic carbocycles. The molecule has 0 aliphatic heterocycles. The van der Waals surface area contributed by atoms with Gasteiger partial charge in [0.1, 0.15) is 5.69 Å². The van der Waals surface area contributed by atoms with Crippen LogP contribution in [0.5, 0.6) is 0 Å². The topological polar surface area (TPSA) is 16.8 Å². The van der Waals surface area contributed by atoms with Crippen molar-refractivity contribution in [1.82, 2.24) is 5.10 Å². The first-order valence-corrected chi connectivity index (χ1v) is 4.25. The first kappa shape index (κ1) is 11.1. The largest absolute Gasteiger partial charge is 0.196 e. The molecule has 0 unspecified atom stereocenters. The van der Waals surface area contributed by atoms with Crippen molar-refractivity contribution in [1.29, 1.82) is 0 Å². The molecule has 0 aliphatic rings. The summed E-state index contributed by atoms with van der Waals surface area (Å²) in [5.74, 6) is 0. The zero-order chi connectivity index (χ0) is 9.10. The molecule has 0 radical (unpaired) electrons. The van der Waals surface area contributed by atoms with Crippen molar-refractivity contribution >= 4 is 24.0 Å². The van der Waals surface area contributed by atoms with Gasteiger partial charge in [-0.1, -0.05) is 35.0 Å². The molecular weight excluding hydrogens is 287 g/mol. The van der Waals surface area contributed by atoms with E-state index >= 15 is 0 Å². The Hall–Kier alpha value is -0.970. The van der Waals surface area contributed by atoms with E-state index in [1.54, 1.807) is 0 Å². The van der Waals surface area contributed by atoms with Crippen LogP contribution in [0.3, 0.4) is 0 Å². The van der Waals surface area contributed by atoms with Gasteiger partial charge in [-0.25, -0.2) is 0 Å². The number of aromatic nitrogens is 2. The van der Waals surface area contributed by atoms with Gasteiger partial charge in [-0.3, -0.25) is 0 Å². The minimum absolute atomic E-state index is 0. The predicted molar refractivity (Wildman–Crippen MR) is 66.3 cm³/mol. The maximum atomic E-state index is 4.36. The minimum Gasteiger partial charge on any atom is -0.107 e. The third-order valence-corrected chi connectivity index (χ3v) is 1.89. The maximum absolute atomic E-state index is 4.36. The van der Waals surface area contributed by atoms with Crippen molar-refractivity contribution in [2.24, 2.45) is 7.05 Å². The molecule has 2 nitrogen and oxygen atoms in total. The lowest BCUT2D eigenvalue weighted by Crippen LogP contribution is -2.32. The summed E-state index contributed by atoms with van der Waals surface area (Å²) in [6.07, 6.45) is 1.92. The van der Waals surface area contributed by atoms with Crippen molar-refractivity contribution in [3.63, 3.8) is 0 Å². The highest BCUT2D eigenvalue weighted by Gasteiger charge is 2.01. The van der Waals surface area contributed by atoms with Gasteiger partial charge in [0, 0.05) is 11.6 Å². The van der Waals surface area contributed by atoms with Crippen LogP contribution < -0.4 is 4.68 Å². The van der Waals surface area contributed by atoms with Crippen molar-refractivity contribution in [3.05, 3.63) is 48.7 Å². The summed E-state index contributed by atoms with van der Waals surface area (Å²) in [6, 6.07) is 14.2. The molecular formula is C11H12IN2+. The highest BCUT2D eigenvalue weighted by molar-refractivity contribution is 14.0. The summed E-state index contributed by atoms with van der Waals surface area (Å²) in [7, 11) is 1.92. The smallest absolute Gasteiger partial charge is 0.107 e. The van der Waals surface area contributed by atoms with Crippen LogP contribution in [0.15, 0.2) is 48.7 Å². The summed E-state index contributed by atoms with van der Waals surface area (Å²) in [4.78, 5) is 0. The number of benzene rings is 1. The Morgan fingerprint density at radius 2 is 1.71 bits per heavy atom. The summed E-state index contributed by atoms with van der Waals surface area (Å²) in [5, 5.41) is 4.36. The van der Waals surface area contributed by atoms with E-state index in [1.807, 2.05) is 48.3 Å². The standard InChI is InChI=1S/C11H11N2.HI/c1-13-9-5-8-11(12-13)10-6-3-2-4-7-10;/h2-9H,1H3;1H/q+1;. The minimum atomic E-state index is 0. The number of hydrogen-bond acceptors (Lipinski definition) is 1. The van der Waals surface area contributed by atoms with Crippen molar-refractivity contribution < 1.29 is 4.68 Å². The molecule has 0 saturated heterocycles. The molecule has 0 amide bonds. The predicted octanol–water partition coefficient (Wildman–Crippen LogP) is 2.19. The Balaban J connectivity index is 0.000000980. The Morgan fingerprint density at radius 1 is 1.00 bits per heavy atom. The van der Waals surface area contributed by atoms with Gasteiger partial charge in [-0.05, 0) is 11.2 Å². The molecule has 2 rings (SSSR count). The van der Waals surface area contributed by atoms with Crippen molar-refractivity contribution in [3.8, 4) is 11.3 Å². The van der Waals surface area contributed by atoms with Gasteiger partial charge in [0.2, 0.25) is 0 Å². The molecule has 0 saturated carbocycles. The van der Waals surface area contributed by atoms with Gasteiger partial charge in [-0.2, -0.15) is 0 Å². The SMILES string of the molecule is C[n+]1cccc(-c2ccccc2)n1.I. The monoisotopic (exact) mass is 299 g/mol. The Morgan fingerprint density at radius 3 is 2.36 bits per heavy atom. The molecule has 0 N–H and O–H groups in total. The molecule has 0 fully saturated rings. The highest BCUT2D eigenvalue weighted by atomic mass is 127. The lowest BCUT2D eigenvalue weighted by Gasteiger charge is -1.95. The van der Waals surface area contributed by atoms with E-state index in [0.717, 1.165) is 11.3 Å². The zero-order valence-corrected chi connectivity index (χ0v) is 10.3. The van der Waals surface area contributed by atoms with Crippen LogP contribution in [0.2, 0.25) is 0 Å². The van der Waals surface area contributed by atoms with E-state index in [0.29, 0.717) is 0 Å². The lowest BCUT2D eigenvalue weighted by atomic mass is 10.1. The molecule has 1 heterocycles. The fraction of sp³-hybridized carbons (Fsp3) is 0.0909. The molecule has 2 aromatic rings. The Labute approximate surface area is 101 Å². The molecule has 0 bridgehead atoms. The van der Waals surface area contributed by atoms with Crippen molar-refractivity contribution in [2.45, 2.75) is 0 Å². The number of halogens is 1. The van der Waals surface area contributed by atoms with Crippen LogP contribution in [0.4, 0.5) is 0 Å². The molecule has 0 atom stereocenters. The number of aryl methyl sites for hydroxylation is 1. The van der Waals surface area contributed by atoms with Gasteiger partial charge in [0.05, 0.1) is 0 Å². The van der Waals surface area contributed by atoms with Crippen LogP contribution in [-0.4, -0.2) is 5.10 Å². The van der Waals surface area contributed by atoms with E-state index < -0.39 is 0 Å². The van der Waals surface area contributed by atoms with Gasteiger partial charge < -0.3 is 0 Å². The second-order valence-corrected chi connectivity index (χ2v) is 2.93. The summed E-state index contributed by atoms with van der Waals surface area (Å²) >= 11 is 0. The van der Waals surface area contributed by atoms with E-state index in [1.165, 1.54) is 0 Å². The van der Waals surface area contributed by atoms with Crippen molar-refractivity contribution in [2.75, 3.05) is 0 Å². The zero-order valence-electron chi connectivity index (χ0n) is 7.92. The Bertz CT molecular complexity index is 401. The first-order chi connectivity index (χ1) is 6.36. The van der Waals surface area contributed by atoms with Crippen LogP contribution in [0.1, 0.15) is 0 Å². The quantitative estimate of drug-likeness (QED) is 0.582. The van der Waals surface area contributed by atoms with E-state index in [2.05, 4.69) is 17.2 Å². The van der Waals surface area contributed by atoms with Gasteiger partial charge in [-0.15, -0.1) is 24.0 Å². The summed E-state index contributed by atoms with van der Waals surface area (Å²) in [6.45, 7) is 0. The maximum Gasteiger partial charge on any atom is 0.196 e. The third-order valence-electron chi connectivity index (χ3n) is 1.89. The molecule has 3 heteroatoms. The average Bonchev–Trinajstić information content (AvgIpc) is 2.19. The first-order valence-electron chi connectivity index (χ1n) is 4.25. The van der Waals surface area contributed by atoms with Gasteiger partial charge in [0.25, 0.3) is 0 Å². The average molecular weight is 299 g/mol.